The Morgan fingerprint density at radius 1 is 1.11 bits per heavy atom. The van der Waals surface area contributed by atoms with Gasteiger partial charge in [0.15, 0.2) is 0 Å². The first-order valence-electron chi connectivity index (χ1n) is 9.43. The number of nitrogens with one attached hydrogen (secondary N) is 1. The van der Waals surface area contributed by atoms with E-state index in [1.165, 1.54) is 12.1 Å². The largest absolute Gasteiger partial charge is 0.416 e. The molecule has 2 aromatic carbocycles. The van der Waals surface area contributed by atoms with Crippen molar-refractivity contribution in [2.75, 3.05) is 0 Å². The monoisotopic (exact) mass is 375 g/mol. The van der Waals surface area contributed by atoms with Crippen LogP contribution in [0.25, 0.3) is 0 Å². The Hall–Kier alpha value is -2.30. The molecule has 1 N–H and O–H groups in total. The molecule has 0 bridgehead atoms. The van der Waals surface area contributed by atoms with Crippen molar-refractivity contribution in [3.8, 4) is 0 Å². The summed E-state index contributed by atoms with van der Waals surface area (Å²) in [5.74, 6) is 0.607. The first-order chi connectivity index (χ1) is 12.9. The van der Waals surface area contributed by atoms with Gasteiger partial charge < -0.3 is 5.32 Å². The lowest BCUT2D eigenvalue weighted by Crippen LogP contribution is -2.30. The third-order valence-corrected chi connectivity index (χ3v) is 5.25. The maximum absolute atomic E-state index is 12.9. The van der Waals surface area contributed by atoms with Crippen LogP contribution in [0.2, 0.25) is 0 Å². The van der Waals surface area contributed by atoms with E-state index in [0.29, 0.717) is 11.5 Å². The number of benzene rings is 2. The Kier molecular flexibility index (Phi) is 5.88. The van der Waals surface area contributed by atoms with Crippen molar-refractivity contribution in [2.24, 2.45) is 11.8 Å². The summed E-state index contributed by atoms with van der Waals surface area (Å²) in [7, 11) is 0. The zero-order valence-corrected chi connectivity index (χ0v) is 15.3. The fourth-order valence-corrected chi connectivity index (χ4v) is 3.61. The highest BCUT2D eigenvalue weighted by Gasteiger charge is 2.43. The first-order valence-corrected chi connectivity index (χ1v) is 9.43. The van der Waals surface area contributed by atoms with Crippen molar-refractivity contribution in [1.82, 2.24) is 5.32 Å². The molecule has 2 aromatic rings. The van der Waals surface area contributed by atoms with Crippen LogP contribution in [-0.4, -0.2) is 5.91 Å². The lowest BCUT2D eigenvalue weighted by atomic mass is 9.97. The van der Waals surface area contributed by atoms with Gasteiger partial charge in [-0.05, 0) is 48.1 Å². The molecule has 1 saturated carbocycles. The van der Waals surface area contributed by atoms with Gasteiger partial charge in [-0.1, -0.05) is 56.5 Å². The molecule has 0 spiro atoms. The van der Waals surface area contributed by atoms with E-state index < -0.39 is 11.7 Å². The second kappa shape index (κ2) is 8.15. The van der Waals surface area contributed by atoms with Crippen LogP contribution in [-0.2, 0) is 6.18 Å². The van der Waals surface area contributed by atoms with Gasteiger partial charge in [0.1, 0.15) is 0 Å². The number of halogens is 3. The molecule has 1 aliphatic rings. The Labute approximate surface area is 157 Å². The van der Waals surface area contributed by atoms with Crippen LogP contribution in [0.5, 0.6) is 0 Å². The van der Waals surface area contributed by atoms with Crippen molar-refractivity contribution in [1.29, 1.82) is 0 Å². The smallest absolute Gasteiger partial charge is 0.345 e. The van der Waals surface area contributed by atoms with Crippen molar-refractivity contribution < 1.29 is 18.0 Å². The molecule has 0 radical (unpaired) electrons. The summed E-state index contributed by atoms with van der Waals surface area (Å²) in [6, 6.07) is 13.8. The van der Waals surface area contributed by atoms with Gasteiger partial charge in [0.2, 0.25) is 0 Å². The molecule has 5 heteroatoms. The van der Waals surface area contributed by atoms with E-state index >= 15 is 0 Å². The number of amides is 1. The van der Waals surface area contributed by atoms with Crippen molar-refractivity contribution in [2.45, 2.75) is 44.8 Å². The zero-order valence-electron chi connectivity index (χ0n) is 15.3. The van der Waals surface area contributed by atoms with Crippen LogP contribution >= 0.6 is 0 Å². The third-order valence-electron chi connectivity index (χ3n) is 5.25. The molecule has 0 saturated heterocycles. The summed E-state index contributed by atoms with van der Waals surface area (Å²) < 4.78 is 38.6. The SMILES string of the molecule is CCCC[C@@H]1C[C@H]1[C@@H](NC(=O)c1ccccc1)c1ccc(C(F)(F)F)cc1. The molecule has 144 valence electrons. The van der Waals surface area contributed by atoms with Gasteiger partial charge in [0.05, 0.1) is 11.6 Å². The van der Waals surface area contributed by atoms with E-state index in [-0.39, 0.29) is 17.9 Å². The predicted octanol–water partition coefficient (Wildman–Crippen LogP) is 6.00. The highest BCUT2D eigenvalue weighted by atomic mass is 19.4. The van der Waals surface area contributed by atoms with Gasteiger partial charge >= 0.3 is 6.18 Å². The number of unbranched alkanes of at least 4 members (excludes halogenated alkanes) is 1. The van der Waals surface area contributed by atoms with Crippen LogP contribution in [0.15, 0.2) is 54.6 Å². The molecular formula is C22H24F3NO. The summed E-state index contributed by atoms with van der Waals surface area (Å²) in [4.78, 5) is 12.6. The molecule has 27 heavy (non-hydrogen) atoms. The highest BCUT2D eigenvalue weighted by Crippen LogP contribution is 2.50. The van der Waals surface area contributed by atoms with Gasteiger partial charge in [0.25, 0.3) is 5.91 Å². The standard InChI is InChI=1S/C22H24F3NO/c1-2-3-7-17-14-19(17)20(26-21(27)16-8-5-4-6-9-16)15-10-12-18(13-11-15)22(23,24)25/h4-6,8-13,17,19-20H,2-3,7,14H2,1H3,(H,26,27)/t17-,19-,20+/m1/s1. The van der Waals surface area contributed by atoms with E-state index in [0.717, 1.165) is 43.4 Å². The average Bonchev–Trinajstić information content (AvgIpc) is 3.43. The molecule has 0 unspecified atom stereocenters. The maximum atomic E-state index is 12.9. The summed E-state index contributed by atoms with van der Waals surface area (Å²) in [5.41, 5.74) is 0.620. The minimum Gasteiger partial charge on any atom is -0.345 e. The number of alkyl halides is 3. The van der Waals surface area contributed by atoms with Crippen LogP contribution in [0, 0.1) is 11.8 Å². The number of carbonyl (C=O) groups excluding carboxylic acids is 1. The highest BCUT2D eigenvalue weighted by molar-refractivity contribution is 5.94. The third kappa shape index (κ3) is 4.90. The number of hydrogen-bond donors (Lipinski definition) is 1. The minimum absolute atomic E-state index is 0.193. The Balaban J connectivity index is 1.79. The van der Waals surface area contributed by atoms with Gasteiger partial charge in [0, 0.05) is 5.56 Å². The van der Waals surface area contributed by atoms with Crippen molar-refractivity contribution in [3.05, 3.63) is 71.3 Å². The molecule has 1 aliphatic carbocycles. The van der Waals surface area contributed by atoms with Crippen molar-refractivity contribution in [3.63, 3.8) is 0 Å². The van der Waals surface area contributed by atoms with E-state index in [9.17, 15) is 18.0 Å². The summed E-state index contributed by atoms with van der Waals surface area (Å²) in [5, 5.41) is 3.06. The molecule has 3 rings (SSSR count). The van der Waals surface area contributed by atoms with E-state index in [1.54, 1.807) is 24.3 Å². The Morgan fingerprint density at radius 3 is 2.37 bits per heavy atom. The maximum Gasteiger partial charge on any atom is 0.416 e. The van der Waals surface area contributed by atoms with Crippen LogP contribution in [0.4, 0.5) is 13.2 Å². The van der Waals surface area contributed by atoms with Crippen LogP contribution in [0.1, 0.15) is 60.1 Å². The molecular weight excluding hydrogens is 351 g/mol. The summed E-state index contributed by atoms with van der Waals surface area (Å²) in [6.45, 7) is 2.14. The Bertz CT molecular complexity index is 755. The lowest BCUT2D eigenvalue weighted by Gasteiger charge is -2.20. The molecule has 2 nitrogen and oxygen atoms in total. The molecule has 0 aliphatic heterocycles. The lowest BCUT2D eigenvalue weighted by molar-refractivity contribution is -0.137. The number of hydrogen-bond acceptors (Lipinski definition) is 1. The topological polar surface area (TPSA) is 29.1 Å². The first kappa shape index (κ1) is 19.5. The summed E-state index contributed by atoms with van der Waals surface area (Å²) in [6.07, 6.45) is -0.0110. The predicted molar refractivity (Wildman–Crippen MR) is 99.2 cm³/mol. The second-order valence-electron chi connectivity index (χ2n) is 7.24. The van der Waals surface area contributed by atoms with Gasteiger partial charge in [-0.25, -0.2) is 0 Å². The van der Waals surface area contributed by atoms with Gasteiger partial charge in [-0.2, -0.15) is 13.2 Å². The fourth-order valence-electron chi connectivity index (χ4n) is 3.61. The molecule has 1 fully saturated rings. The zero-order chi connectivity index (χ0) is 19.4. The van der Waals surface area contributed by atoms with Crippen molar-refractivity contribution >= 4 is 5.91 Å². The molecule has 3 atom stereocenters. The summed E-state index contributed by atoms with van der Waals surface area (Å²) >= 11 is 0. The van der Waals surface area contributed by atoms with E-state index in [1.807, 2.05) is 6.07 Å². The average molecular weight is 375 g/mol. The van der Waals surface area contributed by atoms with E-state index in [2.05, 4.69) is 12.2 Å². The molecule has 1 amide bonds. The van der Waals surface area contributed by atoms with Gasteiger partial charge in [-0.15, -0.1) is 0 Å². The molecule has 0 aromatic heterocycles. The van der Waals surface area contributed by atoms with Crippen LogP contribution < -0.4 is 5.32 Å². The number of rotatable bonds is 7. The molecule has 0 heterocycles. The van der Waals surface area contributed by atoms with Crippen LogP contribution in [0.3, 0.4) is 0 Å². The Morgan fingerprint density at radius 2 is 1.78 bits per heavy atom. The quantitative estimate of drug-likeness (QED) is 0.631. The minimum atomic E-state index is -4.36. The normalized spacial score (nSPS) is 20.1. The number of carbonyl (C=O) groups is 1. The second-order valence-corrected chi connectivity index (χ2v) is 7.24. The fraction of sp³-hybridized carbons (Fsp3) is 0.409. The van der Waals surface area contributed by atoms with Gasteiger partial charge in [-0.3, -0.25) is 4.79 Å². The van der Waals surface area contributed by atoms with E-state index in [4.69, 9.17) is 0 Å².